The van der Waals surface area contributed by atoms with Crippen molar-refractivity contribution in [1.82, 2.24) is 9.99 Å². The monoisotopic (exact) mass is 588 g/mol. The average Bonchev–Trinajstić information content (AvgIpc) is 3.17. The first-order valence-electron chi connectivity index (χ1n) is 11.4. The van der Waals surface area contributed by atoms with Gasteiger partial charge >= 0.3 is 0 Å². The second kappa shape index (κ2) is 11.6. The molecule has 38 heavy (non-hydrogen) atoms. The number of sulfonamides is 1. The van der Waals surface area contributed by atoms with Gasteiger partial charge in [0.15, 0.2) is 0 Å². The summed E-state index contributed by atoms with van der Waals surface area (Å²) < 4.78 is 29.9. The number of carbonyl (C=O) groups excluding carboxylic acids is 1. The number of carbonyl (C=O) groups is 1. The number of amides is 1. The Morgan fingerprint density at radius 1 is 0.974 bits per heavy atom. The van der Waals surface area contributed by atoms with Crippen LogP contribution in [0.1, 0.15) is 17.0 Å². The predicted molar refractivity (Wildman–Crippen MR) is 153 cm³/mol. The number of benzene rings is 3. The molecule has 0 aliphatic rings. The molecule has 11 heteroatoms. The molecule has 0 spiro atoms. The van der Waals surface area contributed by atoms with Crippen LogP contribution in [-0.2, 0) is 14.8 Å². The van der Waals surface area contributed by atoms with Crippen LogP contribution in [0, 0.1) is 13.8 Å². The van der Waals surface area contributed by atoms with Crippen molar-refractivity contribution in [2.24, 2.45) is 5.10 Å². The molecule has 0 aliphatic heterocycles. The molecule has 1 aromatic heterocycles. The molecule has 0 unspecified atom stereocenters. The lowest BCUT2D eigenvalue weighted by atomic mass is 10.2. The van der Waals surface area contributed by atoms with Gasteiger partial charge in [0, 0.05) is 27.7 Å². The second-order valence-electron chi connectivity index (χ2n) is 8.33. The average molecular weight is 590 g/mol. The van der Waals surface area contributed by atoms with Crippen LogP contribution in [0.3, 0.4) is 0 Å². The van der Waals surface area contributed by atoms with Crippen LogP contribution < -0.4 is 9.73 Å². The van der Waals surface area contributed by atoms with Crippen molar-refractivity contribution in [2.75, 3.05) is 10.8 Å². The maximum absolute atomic E-state index is 13.5. The molecule has 0 aliphatic carbocycles. The summed E-state index contributed by atoms with van der Waals surface area (Å²) in [6.45, 7) is 3.30. The van der Waals surface area contributed by atoms with Gasteiger partial charge < -0.3 is 4.57 Å². The van der Waals surface area contributed by atoms with Crippen LogP contribution in [0.4, 0.5) is 5.69 Å². The first-order valence-corrected chi connectivity index (χ1v) is 14.0. The molecule has 0 radical (unpaired) electrons. The number of nitrogens with one attached hydrogen (secondary N) is 1. The summed E-state index contributed by atoms with van der Waals surface area (Å²) in [5.74, 6) is -0.666. The lowest BCUT2D eigenvalue weighted by Crippen LogP contribution is -2.39. The summed E-state index contributed by atoms with van der Waals surface area (Å²) in [5, 5.41) is 4.85. The van der Waals surface area contributed by atoms with Gasteiger partial charge in [-0.1, -0.05) is 65.1 Å². The van der Waals surface area contributed by atoms with Crippen molar-refractivity contribution in [2.45, 2.75) is 18.7 Å². The summed E-state index contributed by atoms with van der Waals surface area (Å²) in [4.78, 5) is 12.9. The fourth-order valence-electron chi connectivity index (χ4n) is 3.97. The van der Waals surface area contributed by atoms with E-state index in [1.807, 2.05) is 42.7 Å². The van der Waals surface area contributed by atoms with Crippen molar-refractivity contribution >= 4 is 62.6 Å². The highest BCUT2D eigenvalue weighted by Gasteiger charge is 2.29. The largest absolute Gasteiger partial charge is 0.318 e. The maximum atomic E-state index is 13.5. The molecule has 1 N–H and O–H groups in total. The van der Waals surface area contributed by atoms with Crippen LogP contribution in [0.25, 0.3) is 5.69 Å². The summed E-state index contributed by atoms with van der Waals surface area (Å²) in [5.41, 5.74) is 6.00. The Balaban J connectivity index is 1.58. The highest BCUT2D eigenvalue weighted by Crippen LogP contribution is 2.35. The zero-order chi connectivity index (χ0) is 27.4. The van der Waals surface area contributed by atoms with Crippen LogP contribution in [0.5, 0.6) is 0 Å². The van der Waals surface area contributed by atoms with Gasteiger partial charge in [-0.2, -0.15) is 5.10 Å². The number of hydrogen-bond donors (Lipinski definition) is 1. The number of nitrogens with zero attached hydrogens (tertiary/aromatic N) is 3. The van der Waals surface area contributed by atoms with Crippen LogP contribution >= 0.6 is 34.8 Å². The van der Waals surface area contributed by atoms with Gasteiger partial charge in [0.05, 0.1) is 26.8 Å². The molecule has 0 bridgehead atoms. The molecule has 0 saturated carbocycles. The third kappa shape index (κ3) is 5.89. The minimum atomic E-state index is -4.15. The summed E-state index contributed by atoms with van der Waals surface area (Å²) >= 11 is 18.6. The predicted octanol–water partition coefficient (Wildman–Crippen LogP) is 6.40. The van der Waals surface area contributed by atoms with Crippen LogP contribution in [0.2, 0.25) is 15.1 Å². The van der Waals surface area contributed by atoms with E-state index >= 15 is 0 Å². The topological polar surface area (TPSA) is 83.8 Å². The minimum Gasteiger partial charge on any atom is -0.318 e. The first kappa shape index (κ1) is 27.7. The van der Waals surface area contributed by atoms with E-state index in [4.69, 9.17) is 34.8 Å². The Bertz CT molecular complexity index is 1620. The molecule has 0 fully saturated rings. The van der Waals surface area contributed by atoms with Crippen LogP contribution in [-0.4, -0.2) is 31.7 Å². The molecular weight excluding hydrogens is 567 g/mol. The van der Waals surface area contributed by atoms with E-state index in [0.717, 1.165) is 26.9 Å². The number of rotatable bonds is 8. The van der Waals surface area contributed by atoms with E-state index in [2.05, 4.69) is 10.5 Å². The first-order chi connectivity index (χ1) is 18.1. The van der Waals surface area contributed by atoms with E-state index in [9.17, 15) is 13.2 Å². The van der Waals surface area contributed by atoms with E-state index in [1.165, 1.54) is 30.5 Å². The molecule has 4 rings (SSSR count). The SMILES string of the molecule is Cc1cc(/C=N/NC(=O)CN(c2cccc(Cl)c2Cl)S(=O)(=O)c2ccccc2)c(C)n1-c1cccc(Cl)c1. The minimum absolute atomic E-state index is 0.000739. The van der Waals surface area contributed by atoms with E-state index in [0.29, 0.717) is 5.02 Å². The molecule has 0 atom stereocenters. The number of hydrazone groups is 1. The summed E-state index contributed by atoms with van der Waals surface area (Å²) in [6, 6.07) is 21.7. The number of halogens is 3. The fourth-order valence-corrected chi connectivity index (χ4v) is 6.06. The number of aromatic nitrogens is 1. The Morgan fingerprint density at radius 2 is 1.68 bits per heavy atom. The molecule has 1 amide bonds. The summed E-state index contributed by atoms with van der Waals surface area (Å²) in [6.07, 6.45) is 1.50. The van der Waals surface area contributed by atoms with Crippen molar-refractivity contribution in [3.8, 4) is 5.69 Å². The van der Waals surface area contributed by atoms with E-state index in [1.54, 1.807) is 30.3 Å². The molecular formula is C27H23Cl3N4O3S. The van der Waals surface area contributed by atoms with Gasteiger partial charge in [-0.3, -0.25) is 9.10 Å². The Labute approximate surface area is 236 Å². The number of aryl methyl sites for hydroxylation is 1. The van der Waals surface area contributed by atoms with Gasteiger partial charge in [0.25, 0.3) is 15.9 Å². The lowest BCUT2D eigenvalue weighted by molar-refractivity contribution is -0.119. The van der Waals surface area contributed by atoms with E-state index < -0.39 is 22.5 Å². The zero-order valence-corrected chi connectivity index (χ0v) is 23.5. The molecule has 196 valence electrons. The highest BCUT2D eigenvalue weighted by molar-refractivity contribution is 7.92. The normalized spacial score (nSPS) is 11.6. The molecule has 0 saturated heterocycles. The van der Waals surface area contributed by atoms with Gasteiger partial charge in [0.2, 0.25) is 0 Å². The number of anilines is 1. The molecule has 4 aromatic rings. The van der Waals surface area contributed by atoms with E-state index in [-0.39, 0.29) is 20.6 Å². The molecule has 1 heterocycles. The Hall–Kier alpha value is -3.30. The van der Waals surface area contributed by atoms with Gasteiger partial charge in [-0.15, -0.1) is 0 Å². The van der Waals surface area contributed by atoms with Crippen LogP contribution in [0.15, 0.2) is 88.9 Å². The van der Waals surface area contributed by atoms with Gasteiger partial charge in [0.1, 0.15) is 6.54 Å². The van der Waals surface area contributed by atoms with Gasteiger partial charge in [-0.25, -0.2) is 13.8 Å². The highest BCUT2D eigenvalue weighted by atomic mass is 35.5. The summed E-state index contributed by atoms with van der Waals surface area (Å²) in [7, 11) is -4.15. The molecule has 3 aromatic carbocycles. The maximum Gasteiger partial charge on any atom is 0.264 e. The Morgan fingerprint density at radius 3 is 2.39 bits per heavy atom. The Kier molecular flexibility index (Phi) is 8.47. The second-order valence-corrected chi connectivity index (χ2v) is 11.4. The third-order valence-corrected chi connectivity index (χ3v) is 8.57. The third-order valence-electron chi connectivity index (χ3n) is 5.75. The lowest BCUT2D eigenvalue weighted by Gasteiger charge is -2.24. The smallest absolute Gasteiger partial charge is 0.264 e. The van der Waals surface area contributed by atoms with Gasteiger partial charge in [-0.05, 0) is 62.4 Å². The van der Waals surface area contributed by atoms with Crippen molar-refractivity contribution < 1.29 is 13.2 Å². The van der Waals surface area contributed by atoms with Crippen molar-refractivity contribution in [3.63, 3.8) is 0 Å². The molecule has 7 nitrogen and oxygen atoms in total. The van der Waals surface area contributed by atoms with Crippen molar-refractivity contribution in [3.05, 3.63) is 111 Å². The van der Waals surface area contributed by atoms with Crippen molar-refractivity contribution in [1.29, 1.82) is 0 Å². The zero-order valence-electron chi connectivity index (χ0n) is 20.4. The quantitative estimate of drug-likeness (QED) is 0.191. The fraction of sp³-hybridized carbons (Fsp3) is 0.111. The number of hydrogen-bond acceptors (Lipinski definition) is 4. The standard InChI is InChI=1S/C27H23Cl3N4O3S/c1-18-14-20(19(2)34(18)22-9-6-8-21(28)15-22)16-31-32-26(35)17-33(25-13-7-12-24(29)27(25)30)38(36,37)23-10-4-3-5-11-23/h3-16H,17H2,1-2H3,(H,32,35)/b31-16+.